The molecule has 0 radical (unpaired) electrons. The van der Waals surface area contributed by atoms with Crippen molar-refractivity contribution in [2.45, 2.75) is 23.8 Å². The molecule has 0 aliphatic heterocycles. The van der Waals surface area contributed by atoms with Crippen LogP contribution >= 0.6 is 23.4 Å². The lowest BCUT2D eigenvalue weighted by Gasteiger charge is -2.09. The molecule has 0 aliphatic rings. The van der Waals surface area contributed by atoms with Gasteiger partial charge in [0.2, 0.25) is 0 Å². The molecule has 2 heterocycles. The second kappa shape index (κ2) is 8.23. The molecule has 4 aromatic rings. The predicted octanol–water partition coefficient (Wildman–Crippen LogP) is 5.87. The molecule has 0 saturated heterocycles. The standard InChI is InChI=1S/C23H18ClN3OS/c1-15-3-10-19(11-4-15)29-22-20(13-25-18-8-6-17(24)7-9-18)23(28)27-14-16(2)5-12-21(27)26-22/h3-14H,1-2H3. The van der Waals surface area contributed by atoms with Crippen LogP contribution in [0, 0.1) is 13.8 Å². The van der Waals surface area contributed by atoms with Crippen molar-refractivity contribution in [2.24, 2.45) is 4.99 Å². The van der Waals surface area contributed by atoms with E-state index in [1.807, 2.05) is 62.4 Å². The van der Waals surface area contributed by atoms with Crippen LogP contribution in [0.1, 0.15) is 16.7 Å². The van der Waals surface area contributed by atoms with Gasteiger partial charge < -0.3 is 0 Å². The Morgan fingerprint density at radius 3 is 2.38 bits per heavy atom. The number of aryl methyl sites for hydroxylation is 2. The largest absolute Gasteiger partial charge is 0.268 e. The summed E-state index contributed by atoms with van der Waals surface area (Å²) in [5, 5.41) is 1.27. The van der Waals surface area contributed by atoms with Crippen LogP contribution in [-0.2, 0) is 0 Å². The number of fused-ring (bicyclic) bond motifs is 1. The number of hydrogen-bond donors (Lipinski definition) is 0. The van der Waals surface area contributed by atoms with Crippen LogP contribution in [-0.4, -0.2) is 15.6 Å². The quantitative estimate of drug-likeness (QED) is 0.307. The number of halogens is 1. The Balaban J connectivity index is 1.84. The molecule has 0 aliphatic carbocycles. The lowest BCUT2D eigenvalue weighted by atomic mass is 10.2. The molecule has 0 N–H and O–H groups in total. The highest BCUT2D eigenvalue weighted by Gasteiger charge is 2.13. The molecule has 0 spiro atoms. The summed E-state index contributed by atoms with van der Waals surface area (Å²) in [6, 6.07) is 19.1. The average Bonchev–Trinajstić information content (AvgIpc) is 2.71. The molecule has 144 valence electrons. The molecule has 0 saturated carbocycles. The van der Waals surface area contributed by atoms with Crippen molar-refractivity contribution in [3.63, 3.8) is 0 Å². The lowest BCUT2D eigenvalue weighted by Crippen LogP contribution is -2.21. The first kappa shape index (κ1) is 19.4. The van der Waals surface area contributed by atoms with Gasteiger partial charge in [0.05, 0.1) is 11.3 Å². The van der Waals surface area contributed by atoms with Gasteiger partial charge in [-0.25, -0.2) is 4.98 Å². The molecule has 4 nitrogen and oxygen atoms in total. The summed E-state index contributed by atoms with van der Waals surface area (Å²) in [6.07, 6.45) is 3.38. The highest BCUT2D eigenvalue weighted by Crippen LogP contribution is 2.28. The van der Waals surface area contributed by atoms with Crippen molar-refractivity contribution >= 4 is 40.9 Å². The van der Waals surface area contributed by atoms with Gasteiger partial charge in [0.1, 0.15) is 10.7 Å². The van der Waals surface area contributed by atoms with E-state index in [9.17, 15) is 4.79 Å². The zero-order chi connectivity index (χ0) is 20.4. The van der Waals surface area contributed by atoms with E-state index in [-0.39, 0.29) is 5.56 Å². The third-order valence-corrected chi connectivity index (χ3v) is 5.64. The molecule has 4 rings (SSSR count). The van der Waals surface area contributed by atoms with Gasteiger partial charge in [0.15, 0.2) is 0 Å². The van der Waals surface area contributed by atoms with Crippen LogP contribution in [0.4, 0.5) is 5.69 Å². The van der Waals surface area contributed by atoms with E-state index < -0.39 is 0 Å². The third-order valence-electron chi connectivity index (χ3n) is 4.38. The van der Waals surface area contributed by atoms with Crippen LogP contribution in [0.2, 0.25) is 5.02 Å². The van der Waals surface area contributed by atoms with Crippen molar-refractivity contribution in [1.82, 2.24) is 9.38 Å². The summed E-state index contributed by atoms with van der Waals surface area (Å²) < 4.78 is 1.57. The van der Waals surface area contributed by atoms with Crippen molar-refractivity contribution < 1.29 is 0 Å². The van der Waals surface area contributed by atoms with Gasteiger partial charge in [-0.3, -0.25) is 14.2 Å². The molecule has 6 heteroatoms. The fourth-order valence-corrected chi connectivity index (χ4v) is 3.82. The number of rotatable bonds is 4. The molecule has 2 aromatic heterocycles. The number of hydrogen-bond acceptors (Lipinski definition) is 4. The maximum atomic E-state index is 13.2. The summed E-state index contributed by atoms with van der Waals surface area (Å²) >= 11 is 7.40. The van der Waals surface area contributed by atoms with Gasteiger partial charge in [-0.15, -0.1) is 0 Å². The second-order valence-corrected chi connectivity index (χ2v) is 8.22. The third kappa shape index (κ3) is 4.42. The van der Waals surface area contributed by atoms with Gasteiger partial charge >= 0.3 is 0 Å². The first-order valence-electron chi connectivity index (χ1n) is 9.07. The number of nitrogens with zero attached hydrogens (tertiary/aromatic N) is 3. The molecule has 0 unspecified atom stereocenters. The number of benzene rings is 2. The smallest absolute Gasteiger partial charge is 0.267 e. The summed E-state index contributed by atoms with van der Waals surface area (Å²) in [7, 11) is 0. The van der Waals surface area contributed by atoms with Crippen LogP contribution in [0.3, 0.4) is 0 Å². The summed E-state index contributed by atoms with van der Waals surface area (Å²) in [5.41, 5.74) is 3.80. The van der Waals surface area contributed by atoms with Crippen LogP contribution in [0.5, 0.6) is 0 Å². The molecule has 0 atom stereocenters. The summed E-state index contributed by atoms with van der Waals surface area (Å²) in [5.74, 6) is 0. The Morgan fingerprint density at radius 1 is 0.966 bits per heavy atom. The second-order valence-electron chi connectivity index (χ2n) is 6.72. The zero-order valence-corrected chi connectivity index (χ0v) is 17.5. The molecule has 0 amide bonds. The average molecular weight is 420 g/mol. The first-order chi connectivity index (χ1) is 14.0. The molecule has 0 fully saturated rings. The van der Waals surface area contributed by atoms with Crippen LogP contribution < -0.4 is 5.56 Å². The minimum absolute atomic E-state index is 0.147. The Bertz CT molecular complexity index is 1260. The molecule has 0 bridgehead atoms. The first-order valence-corrected chi connectivity index (χ1v) is 10.3. The van der Waals surface area contributed by atoms with E-state index in [2.05, 4.69) is 4.99 Å². The fourth-order valence-electron chi connectivity index (χ4n) is 2.81. The monoisotopic (exact) mass is 419 g/mol. The van der Waals surface area contributed by atoms with Crippen molar-refractivity contribution in [2.75, 3.05) is 0 Å². The van der Waals surface area contributed by atoms with E-state index in [4.69, 9.17) is 16.6 Å². The minimum Gasteiger partial charge on any atom is -0.268 e. The topological polar surface area (TPSA) is 46.7 Å². The van der Waals surface area contributed by atoms with Crippen LogP contribution in [0.25, 0.3) is 5.65 Å². The van der Waals surface area contributed by atoms with Crippen molar-refractivity contribution in [3.05, 3.63) is 98.9 Å². The predicted molar refractivity (Wildman–Crippen MR) is 120 cm³/mol. The van der Waals surface area contributed by atoms with Gasteiger partial charge in [-0.2, -0.15) is 0 Å². The highest BCUT2D eigenvalue weighted by molar-refractivity contribution is 7.99. The maximum Gasteiger partial charge on any atom is 0.267 e. The molecular weight excluding hydrogens is 402 g/mol. The van der Waals surface area contributed by atoms with Gasteiger partial charge in [0.25, 0.3) is 5.56 Å². The Kier molecular flexibility index (Phi) is 5.51. The zero-order valence-electron chi connectivity index (χ0n) is 16.0. The summed E-state index contributed by atoms with van der Waals surface area (Å²) in [6.45, 7) is 3.99. The fraction of sp³-hybridized carbons (Fsp3) is 0.0870. The van der Waals surface area contributed by atoms with E-state index in [1.54, 1.807) is 28.9 Å². The van der Waals surface area contributed by atoms with Crippen LogP contribution in [0.15, 0.2) is 86.6 Å². The number of aromatic nitrogens is 2. The van der Waals surface area contributed by atoms with E-state index in [0.29, 0.717) is 21.3 Å². The molecule has 29 heavy (non-hydrogen) atoms. The Morgan fingerprint density at radius 2 is 1.66 bits per heavy atom. The van der Waals surface area contributed by atoms with Crippen molar-refractivity contribution in [3.8, 4) is 0 Å². The Hall–Kier alpha value is -2.89. The Labute approximate surface area is 177 Å². The summed E-state index contributed by atoms with van der Waals surface area (Å²) in [4.78, 5) is 23.4. The van der Waals surface area contributed by atoms with Gasteiger partial charge in [-0.05, 0) is 61.9 Å². The normalized spacial score (nSPS) is 11.4. The lowest BCUT2D eigenvalue weighted by molar-refractivity contribution is 0.969. The maximum absolute atomic E-state index is 13.2. The highest BCUT2D eigenvalue weighted by atomic mass is 35.5. The van der Waals surface area contributed by atoms with Gasteiger partial charge in [-0.1, -0.05) is 47.1 Å². The minimum atomic E-state index is -0.147. The van der Waals surface area contributed by atoms with E-state index in [1.165, 1.54) is 17.3 Å². The number of aliphatic imine (C=N–C) groups is 1. The molecular formula is C23H18ClN3OS. The van der Waals surface area contributed by atoms with E-state index >= 15 is 0 Å². The van der Waals surface area contributed by atoms with E-state index in [0.717, 1.165) is 16.1 Å². The van der Waals surface area contributed by atoms with Gasteiger partial charge in [0, 0.05) is 22.3 Å². The SMILES string of the molecule is Cc1ccc(Sc2nc3ccc(C)cn3c(=O)c2C=Nc2ccc(Cl)cc2)cc1. The van der Waals surface area contributed by atoms with Crippen molar-refractivity contribution in [1.29, 1.82) is 0 Å². The number of pyridine rings is 1. The molecule has 2 aromatic carbocycles.